The summed E-state index contributed by atoms with van der Waals surface area (Å²) in [5.41, 5.74) is 0.485. The van der Waals surface area contributed by atoms with Crippen molar-refractivity contribution in [3.8, 4) is 0 Å². The predicted octanol–water partition coefficient (Wildman–Crippen LogP) is 0.0733. The van der Waals surface area contributed by atoms with Crippen LogP contribution >= 0.6 is 0 Å². The van der Waals surface area contributed by atoms with Gasteiger partial charge in [0.25, 0.3) is 5.91 Å². The zero-order valence-corrected chi connectivity index (χ0v) is 15.9. The first-order valence-corrected chi connectivity index (χ1v) is 9.53. The van der Waals surface area contributed by atoms with Crippen LogP contribution in [0.3, 0.4) is 0 Å². The van der Waals surface area contributed by atoms with Gasteiger partial charge >= 0.3 is 0 Å². The number of hydrogen-bond donors (Lipinski definition) is 2. The second-order valence-corrected chi connectivity index (χ2v) is 8.15. The number of imide groups is 1. The molecule has 144 valence electrons. The maximum Gasteiger partial charge on any atom is 0.291 e. The third-order valence-electron chi connectivity index (χ3n) is 6.13. The van der Waals surface area contributed by atoms with E-state index in [0.717, 1.165) is 17.7 Å². The molecule has 7 heteroatoms. The van der Waals surface area contributed by atoms with Crippen molar-refractivity contribution in [2.24, 2.45) is 17.8 Å². The topological polar surface area (TPSA) is 92.3 Å². The van der Waals surface area contributed by atoms with E-state index in [1.165, 1.54) is 4.90 Å². The average molecular weight is 372 g/mol. The fraction of sp³-hybridized carbons (Fsp3) is 0.550. The number of likely N-dealkylation sites (tertiary alicyclic amines) is 1. The van der Waals surface area contributed by atoms with E-state index < -0.39 is 17.4 Å². The van der Waals surface area contributed by atoms with Crippen molar-refractivity contribution in [2.75, 3.05) is 25.6 Å². The summed E-state index contributed by atoms with van der Waals surface area (Å²) in [6, 6.07) is 7.39. The van der Waals surface area contributed by atoms with Gasteiger partial charge in [0.1, 0.15) is 17.9 Å². The highest BCUT2D eigenvalue weighted by Crippen LogP contribution is 2.49. The van der Waals surface area contributed by atoms with E-state index in [4.69, 9.17) is 4.74 Å². The van der Waals surface area contributed by atoms with Gasteiger partial charge in [-0.15, -0.1) is 0 Å². The van der Waals surface area contributed by atoms with Gasteiger partial charge in [-0.1, -0.05) is 32.0 Å². The summed E-state index contributed by atoms with van der Waals surface area (Å²) in [5.74, 6) is -1.41. The molecule has 0 aromatic heterocycles. The lowest BCUT2D eigenvalue weighted by Gasteiger charge is -2.26. The van der Waals surface area contributed by atoms with Gasteiger partial charge in [-0.2, -0.15) is 0 Å². The highest BCUT2D eigenvalue weighted by atomic mass is 16.5. The number of nitrogens with one attached hydrogen (secondary N) is 1. The molecular formula is C20H26N3O4+. The van der Waals surface area contributed by atoms with Crippen LogP contribution in [0.5, 0.6) is 0 Å². The maximum atomic E-state index is 13.3. The molecule has 0 aliphatic carbocycles. The van der Waals surface area contributed by atoms with Crippen LogP contribution in [-0.4, -0.2) is 48.9 Å². The Labute approximate surface area is 158 Å². The molecule has 3 aliphatic heterocycles. The Hall–Kier alpha value is -2.25. The van der Waals surface area contributed by atoms with Gasteiger partial charge in [0.05, 0.1) is 18.8 Å². The number of nitrogens with zero attached hydrogens (tertiary/aromatic N) is 1. The van der Waals surface area contributed by atoms with E-state index in [9.17, 15) is 14.4 Å². The number of nitrogens with two attached hydrogens (primary N) is 1. The average Bonchev–Trinajstić information content (AvgIpc) is 3.19. The van der Waals surface area contributed by atoms with E-state index in [-0.39, 0.29) is 30.3 Å². The number of ether oxygens (including phenoxy) is 1. The van der Waals surface area contributed by atoms with Crippen LogP contribution in [0.25, 0.3) is 0 Å². The maximum absolute atomic E-state index is 13.3. The Bertz CT molecular complexity index is 808. The van der Waals surface area contributed by atoms with Gasteiger partial charge in [0.2, 0.25) is 17.4 Å². The lowest BCUT2D eigenvalue weighted by atomic mass is 9.76. The summed E-state index contributed by atoms with van der Waals surface area (Å²) in [6.45, 7) is 4.72. The van der Waals surface area contributed by atoms with Gasteiger partial charge in [-0.05, 0) is 12.0 Å². The Morgan fingerprint density at radius 2 is 1.96 bits per heavy atom. The fourth-order valence-corrected chi connectivity index (χ4v) is 5.14. The number of methoxy groups -OCH3 is 1. The Balaban J connectivity index is 1.82. The number of anilines is 1. The van der Waals surface area contributed by atoms with Gasteiger partial charge in [-0.3, -0.25) is 19.3 Å². The Morgan fingerprint density at radius 1 is 1.22 bits per heavy atom. The summed E-state index contributed by atoms with van der Waals surface area (Å²) in [6.07, 6.45) is 0.773. The SMILES string of the molecule is COCCN1C(=O)[C@H]2[C@@H](C1=O)[C@@]1([NH2+][C@@H]2CC(C)C)C(=O)Nc2ccccc21. The highest BCUT2D eigenvalue weighted by molar-refractivity contribution is 6.13. The van der Waals surface area contributed by atoms with E-state index >= 15 is 0 Å². The van der Waals surface area contributed by atoms with Crippen molar-refractivity contribution in [3.05, 3.63) is 29.8 Å². The molecule has 1 aromatic rings. The minimum absolute atomic E-state index is 0.101. The quantitative estimate of drug-likeness (QED) is 0.716. The molecule has 2 saturated heterocycles. The number of rotatable bonds is 5. The summed E-state index contributed by atoms with van der Waals surface area (Å²) in [4.78, 5) is 40.9. The summed E-state index contributed by atoms with van der Waals surface area (Å²) < 4.78 is 5.08. The highest BCUT2D eigenvalue weighted by Gasteiger charge is 2.73. The van der Waals surface area contributed by atoms with E-state index in [1.807, 2.05) is 29.6 Å². The normalized spacial score (nSPS) is 31.8. The van der Waals surface area contributed by atoms with Crippen molar-refractivity contribution >= 4 is 23.4 Å². The zero-order valence-electron chi connectivity index (χ0n) is 15.9. The van der Waals surface area contributed by atoms with E-state index in [1.54, 1.807) is 7.11 Å². The second kappa shape index (κ2) is 6.42. The monoisotopic (exact) mass is 372 g/mol. The van der Waals surface area contributed by atoms with Gasteiger partial charge in [0.15, 0.2) is 0 Å². The number of para-hydroxylation sites is 1. The van der Waals surface area contributed by atoms with Crippen molar-refractivity contribution in [3.63, 3.8) is 0 Å². The standard InChI is InChI=1S/C20H25N3O4/c1-11(2)10-14-15-16(18(25)23(17(15)24)8-9-27-3)20(22-14)12-6-4-5-7-13(12)21-19(20)26/h4-7,11,14-16,22H,8-10H2,1-3H3,(H,21,26)/p+1/t14-,15-,16+,20-/m1/s1. The van der Waals surface area contributed by atoms with Crippen LogP contribution in [0.1, 0.15) is 25.8 Å². The molecule has 1 spiro atoms. The molecule has 3 aliphatic rings. The van der Waals surface area contributed by atoms with Gasteiger partial charge < -0.3 is 15.4 Å². The van der Waals surface area contributed by atoms with E-state index in [2.05, 4.69) is 19.2 Å². The molecule has 4 rings (SSSR count). The summed E-state index contributed by atoms with van der Waals surface area (Å²) >= 11 is 0. The lowest BCUT2D eigenvalue weighted by molar-refractivity contribution is -0.734. The lowest BCUT2D eigenvalue weighted by Crippen LogP contribution is -2.99. The minimum atomic E-state index is -1.06. The van der Waals surface area contributed by atoms with Gasteiger partial charge in [-0.25, -0.2) is 0 Å². The van der Waals surface area contributed by atoms with Crippen molar-refractivity contribution in [2.45, 2.75) is 31.8 Å². The smallest absolute Gasteiger partial charge is 0.291 e. The first-order chi connectivity index (χ1) is 12.9. The Morgan fingerprint density at radius 3 is 2.67 bits per heavy atom. The third kappa shape index (κ3) is 2.45. The molecule has 27 heavy (non-hydrogen) atoms. The molecule has 0 radical (unpaired) electrons. The number of carbonyl (C=O) groups is 3. The third-order valence-corrected chi connectivity index (χ3v) is 6.13. The van der Waals surface area contributed by atoms with Crippen molar-refractivity contribution in [1.29, 1.82) is 0 Å². The molecule has 3 amide bonds. The first-order valence-electron chi connectivity index (χ1n) is 9.53. The van der Waals surface area contributed by atoms with Crippen LogP contribution < -0.4 is 10.6 Å². The Kier molecular flexibility index (Phi) is 4.31. The second-order valence-electron chi connectivity index (χ2n) is 8.15. The minimum Gasteiger partial charge on any atom is -0.383 e. The molecule has 7 nitrogen and oxygen atoms in total. The molecule has 1 aromatic carbocycles. The molecule has 0 saturated carbocycles. The number of amides is 3. The van der Waals surface area contributed by atoms with Crippen LogP contribution in [-0.2, 0) is 24.7 Å². The molecular weight excluding hydrogens is 346 g/mol. The summed E-state index contributed by atoms with van der Waals surface area (Å²) in [7, 11) is 1.54. The van der Waals surface area contributed by atoms with Crippen LogP contribution in [0.2, 0.25) is 0 Å². The van der Waals surface area contributed by atoms with Crippen LogP contribution in [0, 0.1) is 17.8 Å². The summed E-state index contributed by atoms with van der Waals surface area (Å²) in [5, 5.41) is 4.93. The number of hydrogen-bond acceptors (Lipinski definition) is 4. The largest absolute Gasteiger partial charge is 0.383 e. The number of fused-ring (bicyclic) bond motifs is 4. The molecule has 0 bridgehead atoms. The molecule has 4 atom stereocenters. The number of benzene rings is 1. The molecule has 0 unspecified atom stereocenters. The van der Waals surface area contributed by atoms with E-state index in [0.29, 0.717) is 12.5 Å². The zero-order chi connectivity index (χ0) is 19.3. The van der Waals surface area contributed by atoms with Crippen molar-refractivity contribution < 1.29 is 24.4 Å². The number of quaternary nitrogens is 1. The first kappa shape index (κ1) is 18.1. The van der Waals surface area contributed by atoms with Crippen molar-refractivity contribution in [1.82, 2.24) is 4.90 Å². The predicted molar refractivity (Wildman–Crippen MR) is 97.5 cm³/mol. The van der Waals surface area contributed by atoms with Gasteiger partial charge in [0, 0.05) is 19.1 Å². The van der Waals surface area contributed by atoms with Crippen LogP contribution in [0.4, 0.5) is 5.69 Å². The molecule has 3 heterocycles. The molecule has 2 fully saturated rings. The fourth-order valence-electron chi connectivity index (χ4n) is 5.14. The molecule has 3 N–H and O–H groups in total. The van der Waals surface area contributed by atoms with Crippen LogP contribution in [0.15, 0.2) is 24.3 Å². The number of carbonyl (C=O) groups excluding carboxylic acids is 3.